The Kier molecular flexibility index (Phi) is 26.5. The molecule has 1 aromatic carbocycles. The van der Waals surface area contributed by atoms with Gasteiger partial charge in [0.05, 0.1) is 12.2 Å². The van der Waals surface area contributed by atoms with Crippen molar-refractivity contribution in [2.24, 2.45) is 10.9 Å². The summed E-state index contributed by atoms with van der Waals surface area (Å²) >= 11 is 1.55. The second-order valence-electron chi connectivity index (χ2n) is 10.3. The van der Waals surface area contributed by atoms with Crippen LogP contribution in [0.3, 0.4) is 0 Å². The zero-order valence-corrected chi connectivity index (χ0v) is 31.3. The second-order valence-corrected chi connectivity index (χ2v) is 11.3. The van der Waals surface area contributed by atoms with E-state index in [9.17, 15) is 13.6 Å². The van der Waals surface area contributed by atoms with Crippen LogP contribution in [0.5, 0.6) is 0 Å². The van der Waals surface area contributed by atoms with Crippen molar-refractivity contribution in [2.45, 2.75) is 126 Å². The molecule has 0 spiro atoms. The quantitative estimate of drug-likeness (QED) is 0.0696. The van der Waals surface area contributed by atoms with Gasteiger partial charge in [-0.1, -0.05) is 105 Å². The molecule has 0 saturated carbocycles. The van der Waals surface area contributed by atoms with Crippen LogP contribution in [-0.4, -0.2) is 36.5 Å². The van der Waals surface area contributed by atoms with Gasteiger partial charge in [0, 0.05) is 35.2 Å². The van der Waals surface area contributed by atoms with Gasteiger partial charge in [-0.25, -0.2) is 8.78 Å². The molecule has 258 valence electrons. The molecular formula is C39H60F2N2O2S. The molecule has 0 atom stereocenters. The normalized spacial score (nSPS) is 13.7. The molecule has 7 heteroatoms. The highest BCUT2D eigenvalue weighted by Gasteiger charge is 2.30. The number of aliphatic imine (C=N–C) groups is 1. The van der Waals surface area contributed by atoms with E-state index in [1.54, 1.807) is 22.1 Å². The first kappa shape index (κ1) is 45.0. The lowest BCUT2D eigenvalue weighted by atomic mass is 9.94. The second kappa shape index (κ2) is 27.0. The third-order valence-electron chi connectivity index (χ3n) is 6.90. The zero-order valence-electron chi connectivity index (χ0n) is 30.4. The molecule has 0 radical (unpaired) electrons. The first-order valence-electron chi connectivity index (χ1n) is 16.8. The number of carbonyl (C=O) groups is 1. The number of alkyl halides is 2. The van der Waals surface area contributed by atoms with Crippen molar-refractivity contribution in [1.29, 1.82) is 0 Å². The van der Waals surface area contributed by atoms with Gasteiger partial charge in [-0.15, -0.1) is 6.42 Å². The average molecular weight is 659 g/mol. The van der Waals surface area contributed by atoms with E-state index in [0.29, 0.717) is 37.6 Å². The van der Waals surface area contributed by atoms with Crippen LogP contribution in [0, 0.1) is 18.3 Å². The molecule has 0 saturated heterocycles. The van der Waals surface area contributed by atoms with Crippen LogP contribution < -0.4 is 0 Å². The molecule has 0 N–H and O–H groups in total. The summed E-state index contributed by atoms with van der Waals surface area (Å²) in [5.74, 6) is 2.85. The Morgan fingerprint density at radius 3 is 2.28 bits per heavy atom. The van der Waals surface area contributed by atoms with Gasteiger partial charge in [0.2, 0.25) is 0 Å². The molecule has 1 aliphatic rings. The molecule has 0 bridgehead atoms. The van der Waals surface area contributed by atoms with Crippen LogP contribution in [0.25, 0.3) is 0 Å². The van der Waals surface area contributed by atoms with Gasteiger partial charge in [-0.3, -0.25) is 9.79 Å². The largest absolute Gasteiger partial charge is 0.456 e. The van der Waals surface area contributed by atoms with E-state index < -0.39 is 12.3 Å². The minimum atomic E-state index is -2.75. The van der Waals surface area contributed by atoms with Gasteiger partial charge >= 0.3 is 0 Å². The molecule has 1 aromatic rings. The highest BCUT2D eigenvalue weighted by molar-refractivity contribution is 8.02. The molecule has 0 aromatic heterocycles. The van der Waals surface area contributed by atoms with Gasteiger partial charge in [-0.05, 0) is 74.1 Å². The summed E-state index contributed by atoms with van der Waals surface area (Å²) in [6.07, 6.45) is 9.06. The first-order chi connectivity index (χ1) is 22.1. The Morgan fingerprint density at radius 2 is 1.78 bits per heavy atom. The van der Waals surface area contributed by atoms with Gasteiger partial charge in [0.25, 0.3) is 12.3 Å². The molecule has 0 aliphatic carbocycles. The summed E-state index contributed by atoms with van der Waals surface area (Å²) in [4.78, 5) is 20.6. The van der Waals surface area contributed by atoms with Crippen molar-refractivity contribution < 1.29 is 18.3 Å². The maximum atomic E-state index is 13.6. The van der Waals surface area contributed by atoms with Crippen molar-refractivity contribution in [3.63, 3.8) is 0 Å². The fourth-order valence-corrected chi connectivity index (χ4v) is 4.80. The molecule has 1 aliphatic heterocycles. The number of unbranched alkanes of at least 4 members (excludes halogenated alkanes) is 1. The smallest absolute Gasteiger partial charge is 0.290 e. The molecule has 1 amide bonds. The van der Waals surface area contributed by atoms with E-state index in [0.717, 1.165) is 47.4 Å². The molecule has 46 heavy (non-hydrogen) atoms. The minimum absolute atomic E-state index is 0.235. The standard InChI is InChI=1S/C25H40F2N2O2.C10H8S.2C2H6/c1-8-11-12-22(18(6)10-3)31-23(19(7)24(26)27)25(30)29-15-13-20(17(4)5)21(16-29)28-14-9-2;1-3-9-7-5-6-8-10(9)11-4-2;2*1-2/h14,17,24H,8-13,15-16H2,1-7H3;1,4-8H,2H2;2*1-2H3/b22-18-,23-19+,28-14?;;;. The number of benzene rings is 1. The Morgan fingerprint density at radius 1 is 1.15 bits per heavy atom. The molecular weight excluding hydrogens is 599 g/mol. The summed E-state index contributed by atoms with van der Waals surface area (Å²) in [7, 11) is 0. The first-order valence-corrected chi connectivity index (χ1v) is 17.7. The number of carbonyl (C=O) groups excluding carboxylic acids is 1. The number of terminal acetylenes is 1. The Hall–Kier alpha value is -3.11. The number of thioether (sulfide) groups is 1. The molecule has 1 heterocycles. The maximum Gasteiger partial charge on any atom is 0.290 e. The van der Waals surface area contributed by atoms with E-state index >= 15 is 0 Å². The Balaban J connectivity index is 0. The number of amides is 1. The van der Waals surface area contributed by atoms with Gasteiger partial charge in [-0.2, -0.15) is 0 Å². The van der Waals surface area contributed by atoms with Crippen LogP contribution in [0.15, 0.2) is 80.1 Å². The van der Waals surface area contributed by atoms with Gasteiger partial charge < -0.3 is 9.64 Å². The monoisotopic (exact) mass is 658 g/mol. The highest BCUT2D eigenvalue weighted by atomic mass is 32.2. The van der Waals surface area contributed by atoms with Crippen molar-refractivity contribution in [2.75, 3.05) is 13.1 Å². The van der Waals surface area contributed by atoms with Crippen LogP contribution >= 0.6 is 11.8 Å². The molecule has 2 rings (SSSR count). The molecule has 0 unspecified atom stereocenters. The highest BCUT2D eigenvalue weighted by Crippen LogP contribution is 2.29. The van der Waals surface area contributed by atoms with E-state index in [1.807, 2.05) is 78.9 Å². The summed E-state index contributed by atoms with van der Waals surface area (Å²) in [5.41, 5.74) is 3.67. The number of allylic oxidation sites excluding steroid dienone is 3. The average Bonchev–Trinajstić information content (AvgIpc) is 3.08. The predicted octanol–water partition coefficient (Wildman–Crippen LogP) is 12.0. The molecule has 0 fully saturated rings. The number of halogens is 2. The zero-order chi connectivity index (χ0) is 35.7. The number of nitrogens with zero attached hydrogens (tertiary/aromatic N) is 2. The lowest BCUT2D eigenvalue weighted by Crippen LogP contribution is -2.39. The van der Waals surface area contributed by atoms with E-state index in [2.05, 4.69) is 38.3 Å². The Labute approximate surface area is 284 Å². The van der Waals surface area contributed by atoms with Crippen molar-refractivity contribution in [3.05, 3.63) is 75.8 Å². The minimum Gasteiger partial charge on any atom is -0.456 e. The number of hydrogen-bond donors (Lipinski definition) is 0. The third kappa shape index (κ3) is 15.9. The van der Waals surface area contributed by atoms with E-state index in [-0.39, 0.29) is 11.3 Å². The number of ether oxygens (including phenoxy) is 1. The fourth-order valence-electron chi connectivity index (χ4n) is 4.20. The summed E-state index contributed by atoms with van der Waals surface area (Å²) < 4.78 is 33.3. The van der Waals surface area contributed by atoms with Crippen molar-refractivity contribution in [1.82, 2.24) is 4.90 Å². The maximum absolute atomic E-state index is 13.6. The lowest BCUT2D eigenvalue weighted by molar-refractivity contribution is -0.130. The SMILES string of the molecule is C#Cc1ccccc1SC=C.CC.CC.CCC=NC1=C(C(C)C)CCN(C(=O)/C(O/C(CCCC)=C(/C)CC)=C(/C)C(F)F)C1. The van der Waals surface area contributed by atoms with Crippen LogP contribution in [0.4, 0.5) is 8.78 Å². The lowest BCUT2D eigenvalue weighted by Gasteiger charge is -2.32. The summed E-state index contributed by atoms with van der Waals surface area (Å²) in [6, 6.07) is 7.81. The van der Waals surface area contributed by atoms with Crippen LogP contribution in [0.2, 0.25) is 0 Å². The summed E-state index contributed by atoms with van der Waals surface area (Å²) in [6.45, 7) is 25.9. The fraction of sp³-hybridized carbons (Fsp3) is 0.538. The van der Waals surface area contributed by atoms with Crippen molar-refractivity contribution in [3.8, 4) is 12.3 Å². The predicted molar refractivity (Wildman–Crippen MR) is 197 cm³/mol. The molecule has 4 nitrogen and oxygen atoms in total. The van der Waals surface area contributed by atoms with Crippen LogP contribution in [-0.2, 0) is 9.53 Å². The summed E-state index contributed by atoms with van der Waals surface area (Å²) in [5, 5.41) is 1.77. The third-order valence-corrected chi connectivity index (χ3v) is 7.67. The number of hydrogen-bond acceptors (Lipinski definition) is 4. The van der Waals surface area contributed by atoms with E-state index in [4.69, 9.17) is 11.2 Å². The van der Waals surface area contributed by atoms with E-state index in [1.165, 1.54) is 12.5 Å². The number of rotatable bonds is 13. The van der Waals surface area contributed by atoms with Gasteiger partial charge in [0.15, 0.2) is 5.76 Å². The van der Waals surface area contributed by atoms with Crippen molar-refractivity contribution >= 4 is 23.9 Å². The Bertz CT molecular complexity index is 1210. The van der Waals surface area contributed by atoms with Gasteiger partial charge in [0.1, 0.15) is 5.76 Å². The topological polar surface area (TPSA) is 41.9 Å². The van der Waals surface area contributed by atoms with Crippen LogP contribution in [0.1, 0.15) is 120 Å².